The maximum absolute atomic E-state index is 6.41. The molecule has 0 radical (unpaired) electrons. The van der Waals surface area contributed by atoms with Gasteiger partial charge in [-0.2, -0.15) is 0 Å². The standard InChI is InChI=1S/C19H29Cl2N3/c1-14-13-23(10-9-15-5-7-16(22)8-6-15)11-12-24(14)18-4-2-3-17(20)19(18)21/h2-4,14-16H,5-13,22H2,1H3/t14-,15?,16?/m1/s1. The van der Waals surface area contributed by atoms with Crippen LogP contribution < -0.4 is 10.6 Å². The van der Waals surface area contributed by atoms with Crippen molar-refractivity contribution in [3.8, 4) is 0 Å². The molecule has 134 valence electrons. The summed E-state index contributed by atoms with van der Waals surface area (Å²) in [6.45, 7) is 6.69. The van der Waals surface area contributed by atoms with Crippen LogP contribution in [0.2, 0.25) is 10.0 Å². The van der Waals surface area contributed by atoms with Crippen molar-refractivity contribution in [2.75, 3.05) is 31.1 Å². The van der Waals surface area contributed by atoms with E-state index in [2.05, 4.69) is 22.8 Å². The van der Waals surface area contributed by atoms with Gasteiger partial charge in [0.1, 0.15) is 0 Å². The van der Waals surface area contributed by atoms with Gasteiger partial charge < -0.3 is 10.6 Å². The summed E-state index contributed by atoms with van der Waals surface area (Å²) in [5, 5.41) is 1.32. The van der Waals surface area contributed by atoms with Gasteiger partial charge in [-0.25, -0.2) is 0 Å². The van der Waals surface area contributed by atoms with Gasteiger partial charge in [0.25, 0.3) is 0 Å². The van der Waals surface area contributed by atoms with Crippen LogP contribution in [0.5, 0.6) is 0 Å². The highest BCUT2D eigenvalue weighted by atomic mass is 35.5. The highest BCUT2D eigenvalue weighted by Crippen LogP contribution is 2.34. The summed E-state index contributed by atoms with van der Waals surface area (Å²) in [4.78, 5) is 5.00. The van der Waals surface area contributed by atoms with Gasteiger partial charge in [-0.15, -0.1) is 0 Å². The van der Waals surface area contributed by atoms with E-state index in [1.165, 1.54) is 38.6 Å². The second-order valence-corrected chi connectivity index (χ2v) is 8.27. The second kappa shape index (κ2) is 8.27. The monoisotopic (exact) mass is 369 g/mol. The summed E-state index contributed by atoms with van der Waals surface area (Å²) in [6.07, 6.45) is 6.37. The lowest BCUT2D eigenvalue weighted by molar-refractivity contribution is 0.198. The highest BCUT2D eigenvalue weighted by Gasteiger charge is 2.26. The molecule has 0 amide bonds. The fraction of sp³-hybridized carbons (Fsp3) is 0.684. The van der Waals surface area contributed by atoms with Crippen LogP contribution in [0.4, 0.5) is 5.69 Å². The Morgan fingerprint density at radius 3 is 2.58 bits per heavy atom. The van der Waals surface area contributed by atoms with E-state index in [9.17, 15) is 0 Å². The number of hydrogen-bond acceptors (Lipinski definition) is 3. The zero-order valence-electron chi connectivity index (χ0n) is 14.6. The van der Waals surface area contributed by atoms with Crippen molar-refractivity contribution in [2.45, 2.75) is 51.1 Å². The molecule has 2 N–H and O–H groups in total. The molecule has 1 saturated heterocycles. The third-order valence-electron chi connectivity index (χ3n) is 5.70. The zero-order chi connectivity index (χ0) is 17.1. The van der Waals surface area contributed by atoms with Crippen molar-refractivity contribution >= 4 is 28.9 Å². The molecule has 3 rings (SSSR count). The van der Waals surface area contributed by atoms with Crippen molar-refractivity contribution in [3.05, 3.63) is 28.2 Å². The smallest absolute Gasteiger partial charge is 0.0825 e. The van der Waals surface area contributed by atoms with Crippen LogP contribution in [-0.2, 0) is 0 Å². The van der Waals surface area contributed by atoms with E-state index >= 15 is 0 Å². The van der Waals surface area contributed by atoms with Gasteiger partial charge in [-0.05, 0) is 63.6 Å². The van der Waals surface area contributed by atoms with Crippen molar-refractivity contribution in [1.29, 1.82) is 0 Å². The first-order valence-electron chi connectivity index (χ1n) is 9.23. The normalized spacial score (nSPS) is 29.0. The summed E-state index contributed by atoms with van der Waals surface area (Å²) < 4.78 is 0. The Bertz CT molecular complexity index is 543. The number of anilines is 1. The Balaban J connectivity index is 1.51. The maximum Gasteiger partial charge on any atom is 0.0825 e. The SMILES string of the molecule is C[C@@H]1CN(CCC2CCC(N)CC2)CCN1c1cccc(Cl)c1Cl. The molecule has 5 heteroatoms. The minimum Gasteiger partial charge on any atom is -0.365 e. The Hall–Kier alpha value is -0.480. The molecule has 1 saturated carbocycles. The molecule has 3 nitrogen and oxygen atoms in total. The molecule has 1 aliphatic heterocycles. The second-order valence-electron chi connectivity index (χ2n) is 7.49. The number of rotatable bonds is 4. The van der Waals surface area contributed by atoms with E-state index in [0.29, 0.717) is 22.1 Å². The summed E-state index contributed by atoms with van der Waals surface area (Å²) in [7, 11) is 0. The van der Waals surface area contributed by atoms with Gasteiger partial charge in [0.05, 0.1) is 15.7 Å². The van der Waals surface area contributed by atoms with E-state index in [-0.39, 0.29) is 0 Å². The third-order valence-corrected chi connectivity index (χ3v) is 6.51. The van der Waals surface area contributed by atoms with Crippen molar-refractivity contribution in [3.63, 3.8) is 0 Å². The van der Waals surface area contributed by atoms with Crippen LogP contribution >= 0.6 is 23.2 Å². The van der Waals surface area contributed by atoms with Crippen LogP contribution in [0.15, 0.2) is 18.2 Å². The number of hydrogen-bond donors (Lipinski definition) is 1. The van der Waals surface area contributed by atoms with Crippen LogP contribution in [-0.4, -0.2) is 43.2 Å². The topological polar surface area (TPSA) is 32.5 Å². The first kappa shape index (κ1) is 18.3. The highest BCUT2D eigenvalue weighted by molar-refractivity contribution is 6.43. The molecule has 0 spiro atoms. The zero-order valence-corrected chi connectivity index (χ0v) is 16.1. The molecule has 24 heavy (non-hydrogen) atoms. The maximum atomic E-state index is 6.41. The van der Waals surface area contributed by atoms with Gasteiger partial charge >= 0.3 is 0 Å². The van der Waals surface area contributed by atoms with Crippen molar-refractivity contribution < 1.29 is 0 Å². The molecule has 1 aliphatic carbocycles. The van der Waals surface area contributed by atoms with E-state index < -0.39 is 0 Å². The number of nitrogens with two attached hydrogens (primary N) is 1. The summed E-state index contributed by atoms with van der Waals surface area (Å²) in [6, 6.07) is 6.81. The summed E-state index contributed by atoms with van der Waals surface area (Å²) in [5.74, 6) is 0.875. The lowest BCUT2D eigenvalue weighted by atomic mass is 9.84. The average Bonchev–Trinajstić information content (AvgIpc) is 2.57. The lowest BCUT2D eigenvalue weighted by Gasteiger charge is -2.42. The van der Waals surface area contributed by atoms with E-state index in [4.69, 9.17) is 28.9 Å². The van der Waals surface area contributed by atoms with Gasteiger partial charge in [0, 0.05) is 31.7 Å². The average molecular weight is 370 g/mol. The number of benzene rings is 1. The summed E-state index contributed by atoms with van der Waals surface area (Å²) >= 11 is 12.6. The predicted molar refractivity (Wildman–Crippen MR) is 104 cm³/mol. The van der Waals surface area contributed by atoms with Crippen LogP contribution in [0.25, 0.3) is 0 Å². The predicted octanol–water partition coefficient (Wildman–Crippen LogP) is 4.41. The molecule has 0 unspecified atom stereocenters. The largest absolute Gasteiger partial charge is 0.365 e. The molecule has 0 bridgehead atoms. The Labute approximate surface area is 156 Å². The van der Waals surface area contributed by atoms with Gasteiger partial charge in [-0.3, -0.25) is 4.90 Å². The van der Waals surface area contributed by atoms with E-state index in [1.807, 2.05) is 12.1 Å². The molecular formula is C19H29Cl2N3. The third kappa shape index (κ3) is 4.37. The fourth-order valence-electron chi connectivity index (χ4n) is 4.15. The lowest BCUT2D eigenvalue weighted by Crippen LogP contribution is -2.52. The Kier molecular flexibility index (Phi) is 6.31. The first-order chi connectivity index (χ1) is 11.5. The minimum atomic E-state index is 0.451. The molecule has 1 atom stereocenters. The minimum absolute atomic E-state index is 0.451. The van der Waals surface area contributed by atoms with Gasteiger partial charge in [-0.1, -0.05) is 29.3 Å². The van der Waals surface area contributed by atoms with E-state index in [0.717, 1.165) is 31.2 Å². The Morgan fingerprint density at radius 2 is 1.88 bits per heavy atom. The fourth-order valence-corrected chi connectivity index (χ4v) is 4.55. The first-order valence-corrected chi connectivity index (χ1v) is 9.98. The van der Waals surface area contributed by atoms with Gasteiger partial charge in [0.2, 0.25) is 0 Å². The van der Waals surface area contributed by atoms with Crippen LogP contribution in [0.3, 0.4) is 0 Å². The van der Waals surface area contributed by atoms with Crippen molar-refractivity contribution in [2.24, 2.45) is 11.7 Å². The number of halogens is 2. The molecule has 1 heterocycles. The molecule has 0 aromatic heterocycles. The Morgan fingerprint density at radius 1 is 1.12 bits per heavy atom. The molecule has 1 aromatic rings. The molecule has 2 fully saturated rings. The van der Waals surface area contributed by atoms with Crippen LogP contribution in [0.1, 0.15) is 39.0 Å². The number of piperazine rings is 1. The van der Waals surface area contributed by atoms with Gasteiger partial charge in [0.15, 0.2) is 0 Å². The van der Waals surface area contributed by atoms with Crippen LogP contribution in [0, 0.1) is 5.92 Å². The molecular weight excluding hydrogens is 341 g/mol. The molecule has 1 aromatic carbocycles. The van der Waals surface area contributed by atoms with E-state index in [1.54, 1.807) is 0 Å². The quantitative estimate of drug-likeness (QED) is 0.852. The number of nitrogens with zero attached hydrogens (tertiary/aromatic N) is 2. The molecule has 2 aliphatic rings. The summed E-state index contributed by atoms with van der Waals surface area (Å²) in [5.41, 5.74) is 7.08. The van der Waals surface area contributed by atoms with Crippen molar-refractivity contribution in [1.82, 2.24) is 4.90 Å².